The van der Waals surface area contributed by atoms with Crippen LogP contribution in [0.1, 0.15) is 59.8 Å². The van der Waals surface area contributed by atoms with Crippen LogP contribution in [0.3, 0.4) is 0 Å². The third kappa shape index (κ3) is 41.7. The van der Waals surface area contributed by atoms with E-state index in [0.29, 0.717) is 0 Å². The van der Waals surface area contributed by atoms with Crippen LogP contribution < -0.4 is 0 Å². The molecule has 1 saturated carbocycles. The molecule has 0 spiro atoms. The van der Waals surface area contributed by atoms with Crippen molar-refractivity contribution in [2.45, 2.75) is 59.8 Å². The first-order chi connectivity index (χ1) is 5.41. The molecule has 0 saturated heterocycles. The van der Waals surface area contributed by atoms with Crippen LogP contribution in [0.15, 0.2) is 13.2 Å². The lowest BCUT2D eigenvalue weighted by Crippen LogP contribution is -1.85. The molecule has 1 aliphatic carbocycles. The van der Waals surface area contributed by atoms with E-state index in [1.807, 2.05) is 13.8 Å². The van der Waals surface area contributed by atoms with Crippen molar-refractivity contribution in [1.82, 2.24) is 0 Å². The van der Waals surface area contributed by atoms with E-state index < -0.39 is 0 Å². The fourth-order valence-corrected chi connectivity index (χ4v) is 0.250. The van der Waals surface area contributed by atoms with E-state index in [1.54, 1.807) is 0 Å². The van der Waals surface area contributed by atoms with Crippen LogP contribution in [0, 0.1) is 0 Å². The van der Waals surface area contributed by atoms with E-state index in [9.17, 15) is 0 Å². The number of rotatable bonds is 0. The highest BCUT2D eigenvalue weighted by Crippen LogP contribution is 2.15. The van der Waals surface area contributed by atoms with Gasteiger partial charge in [0.05, 0.1) is 0 Å². The summed E-state index contributed by atoms with van der Waals surface area (Å²) in [5, 5.41) is 0. The smallest absolute Gasteiger partial charge is 0.0533 e. The molecule has 0 N–H and O–H groups in total. The van der Waals surface area contributed by atoms with Crippen LogP contribution >= 0.6 is 0 Å². The molecule has 70 valence electrons. The first-order valence-corrected chi connectivity index (χ1v) is 4.91. The van der Waals surface area contributed by atoms with Crippen LogP contribution in [0.4, 0.5) is 0 Å². The maximum Gasteiger partial charge on any atom is -0.0533 e. The minimum absolute atomic E-state index is 1.25. The SMILES string of the molecule is C1CCC1.C=C.CC.CCC. The van der Waals surface area contributed by atoms with Crippen molar-refractivity contribution >= 4 is 0 Å². The quantitative estimate of drug-likeness (QED) is 0.444. The van der Waals surface area contributed by atoms with Crippen molar-refractivity contribution in [2.75, 3.05) is 0 Å². The molecule has 0 heterocycles. The highest BCUT2D eigenvalue weighted by atomic mass is 14.0. The minimum Gasteiger partial charge on any atom is -0.106 e. The van der Waals surface area contributed by atoms with Gasteiger partial charge in [-0.05, 0) is 0 Å². The number of hydrogen-bond acceptors (Lipinski definition) is 0. The lowest BCUT2D eigenvalue weighted by atomic mass is 10.0. The molecule has 0 atom stereocenters. The standard InChI is InChI=1S/C4H8.C3H8.C2H6.C2H4/c1-2-4-3-1;1-3-2;2*1-2/h1-4H2;3H2,1-2H3;1-2H3;1-2H2. The second-order valence-corrected chi connectivity index (χ2v) is 2.12. The fourth-order valence-electron chi connectivity index (χ4n) is 0.250. The first kappa shape index (κ1) is 17.0. The van der Waals surface area contributed by atoms with Crippen LogP contribution in [0.2, 0.25) is 0 Å². The summed E-state index contributed by atoms with van der Waals surface area (Å²) >= 11 is 0. The summed E-state index contributed by atoms with van der Waals surface area (Å²) in [6, 6.07) is 0. The van der Waals surface area contributed by atoms with Gasteiger partial charge in [-0.15, -0.1) is 13.2 Å². The van der Waals surface area contributed by atoms with E-state index in [1.165, 1.54) is 32.1 Å². The maximum absolute atomic E-state index is 3.00. The molecule has 0 unspecified atom stereocenters. The maximum atomic E-state index is 3.00. The largest absolute Gasteiger partial charge is 0.106 e. The van der Waals surface area contributed by atoms with Gasteiger partial charge in [-0.2, -0.15) is 0 Å². The zero-order valence-electron chi connectivity index (χ0n) is 8.95. The molecule has 1 rings (SSSR count). The Bertz CT molecular complexity index is 23.0. The predicted molar refractivity (Wildman–Crippen MR) is 57.0 cm³/mol. The third-order valence-corrected chi connectivity index (χ3v) is 1.000. The molecule has 0 amide bonds. The van der Waals surface area contributed by atoms with E-state index in [2.05, 4.69) is 27.0 Å². The van der Waals surface area contributed by atoms with Crippen molar-refractivity contribution in [1.29, 1.82) is 0 Å². The van der Waals surface area contributed by atoms with Crippen molar-refractivity contribution in [3.8, 4) is 0 Å². The van der Waals surface area contributed by atoms with Gasteiger partial charge in [0.25, 0.3) is 0 Å². The number of hydrogen-bond donors (Lipinski definition) is 0. The topological polar surface area (TPSA) is 0 Å². The Morgan fingerprint density at radius 2 is 0.909 bits per heavy atom. The van der Waals surface area contributed by atoms with E-state index in [4.69, 9.17) is 0 Å². The van der Waals surface area contributed by atoms with Gasteiger partial charge in [-0.3, -0.25) is 0 Å². The highest BCUT2D eigenvalue weighted by molar-refractivity contribution is 4.50. The van der Waals surface area contributed by atoms with E-state index >= 15 is 0 Å². The molecule has 0 heteroatoms. The van der Waals surface area contributed by atoms with Crippen molar-refractivity contribution < 1.29 is 0 Å². The van der Waals surface area contributed by atoms with Gasteiger partial charge in [0.15, 0.2) is 0 Å². The van der Waals surface area contributed by atoms with Crippen molar-refractivity contribution in [3.05, 3.63) is 13.2 Å². The van der Waals surface area contributed by atoms with E-state index in [0.717, 1.165) is 0 Å². The Balaban J connectivity index is -0.0000000835. The predicted octanol–water partition coefficient (Wildman–Crippen LogP) is 4.81. The molecular weight excluding hydrogens is 132 g/mol. The Kier molecular flexibility index (Phi) is 51.2. The van der Waals surface area contributed by atoms with Crippen molar-refractivity contribution in [2.24, 2.45) is 0 Å². The molecule has 0 aromatic heterocycles. The van der Waals surface area contributed by atoms with Crippen LogP contribution in [-0.2, 0) is 0 Å². The first-order valence-electron chi connectivity index (χ1n) is 4.91. The van der Waals surface area contributed by atoms with Crippen LogP contribution in [0.25, 0.3) is 0 Å². The Hall–Kier alpha value is -0.260. The monoisotopic (exact) mass is 158 g/mol. The summed E-state index contributed by atoms with van der Waals surface area (Å²) in [4.78, 5) is 0. The van der Waals surface area contributed by atoms with Gasteiger partial charge in [-0.1, -0.05) is 59.8 Å². The summed E-state index contributed by atoms with van der Waals surface area (Å²) in [7, 11) is 0. The zero-order valence-corrected chi connectivity index (χ0v) is 8.95. The molecule has 11 heavy (non-hydrogen) atoms. The molecule has 0 radical (unpaired) electrons. The molecule has 0 aliphatic heterocycles. The Morgan fingerprint density at radius 3 is 0.909 bits per heavy atom. The summed E-state index contributed by atoms with van der Waals surface area (Å²) in [5.74, 6) is 0. The lowest BCUT2D eigenvalue weighted by molar-refractivity contribution is 0.504. The lowest BCUT2D eigenvalue weighted by Gasteiger charge is -2.05. The molecule has 1 fully saturated rings. The minimum atomic E-state index is 1.25. The Morgan fingerprint density at radius 1 is 0.818 bits per heavy atom. The second kappa shape index (κ2) is 33.1. The second-order valence-electron chi connectivity index (χ2n) is 2.12. The summed E-state index contributed by atoms with van der Waals surface area (Å²) < 4.78 is 0. The normalized spacial score (nSPS) is 11.3. The zero-order chi connectivity index (χ0) is 9.54. The van der Waals surface area contributed by atoms with Gasteiger partial charge in [0.1, 0.15) is 0 Å². The third-order valence-electron chi connectivity index (χ3n) is 1.000. The summed E-state index contributed by atoms with van der Waals surface area (Å²) in [5.41, 5.74) is 0. The summed E-state index contributed by atoms with van der Waals surface area (Å²) in [6.45, 7) is 14.2. The molecule has 0 nitrogen and oxygen atoms in total. The van der Waals surface area contributed by atoms with Gasteiger partial charge in [0, 0.05) is 0 Å². The molecule has 0 aromatic rings. The van der Waals surface area contributed by atoms with Gasteiger partial charge >= 0.3 is 0 Å². The van der Waals surface area contributed by atoms with E-state index in [-0.39, 0.29) is 0 Å². The molecule has 0 aromatic carbocycles. The molecule has 0 bridgehead atoms. The highest BCUT2D eigenvalue weighted by Gasteiger charge is 1.95. The average molecular weight is 158 g/mol. The Labute approximate surface area is 73.7 Å². The van der Waals surface area contributed by atoms with Crippen molar-refractivity contribution in [3.63, 3.8) is 0 Å². The fraction of sp³-hybridized carbons (Fsp3) is 0.818. The molecule has 1 aliphatic rings. The van der Waals surface area contributed by atoms with Gasteiger partial charge in [-0.25, -0.2) is 0 Å². The van der Waals surface area contributed by atoms with Crippen LogP contribution in [-0.4, -0.2) is 0 Å². The van der Waals surface area contributed by atoms with Crippen LogP contribution in [0.5, 0.6) is 0 Å². The van der Waals surface area contributed by atoms with Gasteiger partial charge < -0.3 is 0 Å². The molecular formula is C11H26. The average Bonchev–Trinajstić information content (AvgIpc) is 1.93. The summed E-state index contributed by atoms with van der Waals surface area (Å²) in [6.07, 6.45) is 7.25. The van der Waals surface area contributed by atoms with Gasteiger partial charge in [0.2, 0.25) is 0 Å².